The molecule has 3 aromatic heterocycles. The zero-order valence-electron chi connectivity index (χ0n) is 17.6. The van der Waals surface area contributed by atoms with Gasteiger partial charge < -0.3 is 5.32 Å². The van der Waals surface area contributed by atoms with Crippen molar-refractivity contribution in [2.24, 2.45) is 0 Å². The Morgan fingerprint density at radius 3 is 2.71 bits per heavy atom. The van der Waals surface area contributed by atoms with Crippen LogP contribution in [-0.4, -0.2) is 42.6 Å². The van der Waals surface area contributed by atoms with Crippen LogP contribution in [0.25, 0.3) is 0 Å². The van der Waals surface area contributed by atoms with Crippen molar-refractivity contribution in [3.63, 3.8) is 0 Å². The predicted molar refractivity (Wildman–Crippen MR) is 120 cm³/mol. The molecule has 1 aliphatic rings. The van der Waals surface area contributed by atoms with E-state index in [1.54, 1.807) is 24.0 Å². The number of aromatic nitrogens is 5. The summed E-state index contributed by atoms with van der Waals surface area (Å²) in [6, 6.07) is 7.78. The molecule has 0 radical (unpaired) electrons. The second kappa shape index (κ2) is 9.81. The molecular weight excluding hydrogens is 408 g/mol. The van der Waals surface area contributed by atoms with Gasteiger partial charge in [-0.2, -0.15) is 5.26 Å². The van der Waals surface area contributed by atoms with E-state index in [9.17, 15) is 0 Å². The average Bonchev–Trinajstić information content (AvgIpc) is 2.80. The first-order valence-corrected chi connectivity index (χ1v) is 11.4. The van der Waals surface area contributed by atoms with Crippen molar-refractivity contribution < 1.29 is 0 Å². The first-order chi connectivity index (χ1) is 15.1. The molecule has 4 rings (SSSR count). The van der Waals surface area contributed by atoms with Crippen LogP contribution in [0.1, 0.15) is 48.1 Å². The third-order valence-electron chi connectivity index (χ3n) is 5.21. The summed E-state index contributed by atoms with van der Waals surface area (Å²) < 4.78 is 0. The average molecular weight is 433 g/mol. The first-order valence-electron chi connectivity index (χ1n) is 10.2. The number of piperidine rings is 1. The Labute approximate surface area is 186 Å². The third kappa shape index (κ3) is 5.34. The molecule has 1 fully saturated rings. The Morgan fingerprint density at radius 1 is 1.16 bits per heavy atom. The number of nitrogens with zero attached hydrogens (tertiary/aromatic N) is 7. The lowest BCUT2D eigenvalue weighted by Gasteiger charge is -2.35. The minimum Gasteiger partial charge on any atom is -0.339 e. The molecule has 0 bridgehead atoms. The molecule has 0 amide bonds. The summed E-state index contributed by atoms with van der Waals surface area (Å²) in [7, 11) is 0. The summed E-state index contributed by atoms with van der Waals surface area (Å²) in [5.74, 6) is 1.45. The molecule has 4 heterocycles. The maximum absolute atomic E-state index is 8.92. The number of rotatable bonds is 6. The summed E-state index contributed by atoms with van der Waals surface area (Å²) >= 11 is 1.55. The first kappa shape index (κ1) is 21.2. The maximum Gasteiger partial charge on any atom is 0.187 e. The summed E-state index contributed by atoms with van der Waals surface area (Å²) in [6.45, 7) is 3.72. The topological polar surface area (TPSA) is 104 Å². The number of aryl methyl sites for hydroxylation is 1. The number of nitriles is 1. The van der Waals surface area contributed by atoms with Gasteiger partial charge in [-0.1, -0.05) is 18.2 Å². The fraction of sp³-hybridized carbons (Fsp3) is 0.364. The van der Waals surface area contributed by atoms with Crippen molar-refractivity contribution in [3.05, 3.63) is 59.6 Å². The molecule has 0 spiro atoms. The van der Waals surface area contributed by atoms with Gasteiger partial charge in [0.1, 0.15) is 23.4 Å². The molecule has 9 heteroatoms. The van der Waals surface area contributed by atoms with Crippen LogP contribution in [0.2, 0.25) is 0 Å². The molecule has 31 heavy (non-hydrogen) atoms. The Morgan fingerprint density at radius 2 is 2.00 bits per heavy atom. The summed E-state index contributed by atoms with van der Waals surface area (Å²) in [4.78, 5) is 24.7. The number of hydrogen-bond donors (Lipinski definition) is 1. The molecule has 3 aromatic rings. The normalized spacial score (nSPS) is 16.6. The molecule has 1 atom stereocenters. The SMILES string of the molecule is CSc1ncc(CN2CCCC[C@H]2c2cc(Nc3ccc(C#N)nc3)nc(C)n2)cn1. The van der Waals surface area contributed by atoms with Crippen molar-refractivity contribution in [1.82, 2.24) is 29.8 Å². The van der Waals surface area contributed by atoms with Gasteiger partial charge in [0.25, 0.3) is 0 Å². The Bertz CT molecular complexity index is 1060. The van der Waals surface area contributed by atoms with Gasteiger partial charge in [0.05, 0.1) is 23.6 Å². The minimum atomic E-state index is 0.218. The predicted octanol–water partition coefficient (Wildman–Crippen LogP) is 4.03. The molecule has 1 aliphatic heterocycles. The van der Waals surface area contributed by atoms with E-state index in [2.05, 4.69) is 30.2 Å². The molecule has 1 N–H and O–H groups in total. The quantitative estimate of drug-likeness (QED) is 0.456. The van der Waals surface area contributed by atoms with Crippen molar-refractivity contribution in [2.45, 2.75) is 43.9 Å². The van der Waals surface area contributed by atoms with Crippen LogP contribution < -0.4 is 5.32 Å². The van der Waals surface area contributed by atoms with Gasteiger partial charge >= 0.3 is 0 Å². The van der Waals surface area contributed by atoms with E-state index in [4.69, 9.17) is 10.2 Å². The van der Waals surface area contributed by atoms with Crippen molar-refractivity contribution in [1.29, 1.82) is 5.26 Å². The number of anilines is 2. The van der Waals surface area contributed by atoms with Gasteiger partial charge in [-0.05, 0) is 44.7 Å². The van der Waals surface area contributed by atoms with Gasteiger partial charge in [0.15, 0.2) is 5.16 Å². The van der Waals surface area contributed by atoms with Crippen LogP contribution >= 0.6 is 11.8 Å². The number of likely N-dealkylation sites (tertiary alicyclic amines) is 1. The highest BCUT2D eigenvalue weighted by Crippen LogP contribution is 2.32. The van der Waals surface area contributed by atoms with Crippen LogP contribution in [0.5, 0.6) is 0 Å². The molecule has 0 aliphatic carbocycles. The lowest BCUT2D eigenvalue weighted by molar-refractivity contribution is 0.136. The zero-order chi connectivity index (χ0) is 21.6. The van der Waals surface area contributed by atoms with Crippen LogP contribution in [0.4, 0.5) is 11.5 Å². The van der Waals surface area contributed by atoms with Crippen molar-refractivity contribution in [2.75, 3.05) is 18.1 Å². The standard InChI is InChI=1S/C22H24N8S/c1-15-27-19(9-21(28-15)29-18-7-6-17(10-23)24-13-18)20-5-3-4-8-30(20)14-16-11-25-22(31-2)26-12-16/h6-7,9,11-13,20H,3-5,8,14H2,1-2H3,(H,27,28,29)/t20-/m0/s1. The largest absolute Gasteiger partial charge is 0.339 e. The smallest absolute Gasteiger partial charge is 0.187 e. The van der Waals surface area contributed by atoms with E-state index in [1.165, 1.54) is 12.8 Å². The van der Waals surface area contributed by atoms with E-state index >= 15 is 0 Å². The Hall–Kier alpha value is -3.09. The van der Waals surface area contributed by atoms with Crippen LogP contribution in [0.3, 0.4) is 0 Å². The molecular formula is C22H24N8S. The van der Waals surface area contributed by atoms with E-state index in [-0.39, 0.29) is 6.04 Å². The van der Waals surface area contributed by atoms with Crippen LogP contribution in [0.15, 0.2) is 41.9 Å². The summed E-state index contributed by atoms with van der Waals surface area (Å²) in [5, 5.41) is 13.0. The lowest BCUT2D eigenvalue weighted by atomic mass is 9.98. The number of nitrogens with one attached hydrogen (secondary N) is 1. The van der Waals surface area contributed by atoms with Crippen molar-refractivity contribution in [3.8, 4) is 6.07 Å². The summed E-state index contributed by atoms with van der Waals surface area (Å²) in [5.41, 5.74) is 3.29. The number of thioether (sulfide) groups is 1. The molecule has 8 nitrogen and oxygen atoms in total. The van der Waals surface area contributed by atoms with Crippen LogP contribution in [-0.2, 0) is 6.54 Å². The fourth-order valence-corrected chi connectivity index (χ4v) is 4.10. The summed E-state index contributed by atoms with van der Waals surface area (Å²) in [6.07, 6.45) is 10.9. The molecule has 0 saturated carbocycles. The molecule has 0 unspecified atom stereocenters. The maximum atomic E-state index is 8.92. The van der Waals surface area contributed by atoms with Gasteiger partial charge in [0.2, 0.25) is 0 Å². The zero-order valence-corrected chi connectivity index (χ0v) is 18.4. The minimum absolute atomic E-state index is 0.218. The van der Waals surface area contributed by atoms with Gasteiger partial charge in [-0.15, -0.1) is 0 Å². The Kier molecular flexibility index (Phi) is 6.70. The van der Waals surface area contributed by atoms with Gasteiger partial charge in [-0.3, -0.25) is 4.90 Å². The fourth-order valence-electron chi connectivity index (χ4n) is 3.79. The van der Waals surface area contributed by atoms with Gasteiger partial charge in [0, 0.05) is 30.6 Å². The highest BCUT2D eigenvalue weighted by Gasteiger charge is 2.26. The van der Waals surface area contributed by atoms with E-state index in [1.807, 2.05) is 43.8 Å². The molecule has 1 saturated heterocycles. The van der Waals surface area contributed by atoms with E-state index < -0.39 is 0 Å². The van der Waals surface area contributed by atoms with Crippen LogP contribution in [0, 0.1) is 18.3 Å². The third-order valence-corrected chi connectivity index (χ3v) is 5.79. The Balaban J connectivity index is 1.54. The monoisotopic (exact) mass is 432 g/mol. The second-order valence-corrected chi connectivity index (χ2v) is 8.23. The highest BCUT2D eigenvalue weighted by molar-refractivity contribution is 7.98. The molecule has 158 valence electrons. The van der Waals surface area contributed by atoms with E-state index in [0.29, 0.717) is 5.69 Å². The lowest BCUT2D eigenvalue weighted by Crippen LogP contribution is -2.33. The highest BCUT2D eigenvalue weighted by atomic mass is 32.2. The molecule has 0 aromatic carbocycles. The van der Waals surface area contributed by atoms with Gasteiger partial charge in [-0.25, -0.2) is 24.9 Å². The number of pyridine rings is 1. The second-order valence-electron chi connectivity index (χ2n) is 7.45. The number of hydrogen-bond acceptors (Lipinski definition) is 9. The van der Waals surface area contributed by atoms with Crippen molar-refractivity contribution >= 4 is 23.3 Å². The van der Waals surface area contributed by atoms with E-state index in [0.717, 1.165) is 53.3 Å².